The van der Waals surface area contributed by atoms with Crippen LogP contribution in [-0.2, 0) is 4.74 Å². The molecule has 0 fully saturated rings. The van der Waals surface area contributed by atoms with Crippen LogP contribution in [0.5, 0.6) is 11.6 Å². The number of pyridine rings is 1. The second-order valence-corrected chi connectivity index (χ2v) is 4.26. The summed E-state index contributed by atoms with van der Waals surface area (Å²) in [6.45, 7) is 1.73. The van der Waals surface area contributed by atoms with Crippen LogP contribution in [0, 0.1) is 3.57 Å². The minimum Gasteiger partial charge on any atom is -0.478 e. The maximum absolute atomic E-state index is 12.2. The molecule has 19 heavy (non-hydrogen) atoms. The summed E-state index contributed by atoms with van der Waals surface area (Å²) in [6, 6.07) is 1.01. The summed E-state index contributed by atoms with van der Waals surface area (Å²) in [4.78, 5) is 15.2. The number of halogens is 4. The largest absolute Gasteiger partial charge is 0.573 e. The first kappa shape index (κ1) is 15.8. The van der Waals surface area contributed by atoms with E-state index in [1.165, 1.54) is 0 Å². The van der Waals surface area contributed by atoms with E-state index in [-0.39, 0.29) is 15.9 Å². The second kappa shape index (κ2) is 6.26. The number of alkyl halides is 3. The van der Waals surface area contributed by atoms with E-state index in [1.807, 2.05) is 0 Å². The number of hydrogen-bond acceptors (Lipinski definition) is 5. The average molecular weight is 391 g/mol. The van der Waals surface area contributed by atoms with Crippen LogP contribution in [0.1, 0.15) is 17.4 Å². The molecule has 5 nitrogen and oxygen atoms in total. The standard InChI is InChI=1S/C10H9F3INO4/c1-3-18-9(16)7-5(14)4-6(8(15-7)17-2)19-10(11,12)13/h4H,3H2,1-2H3. The summed E-state index contributed by atoms with van der Waals surface area (Å²) in [6.07, 6.45) is -4.87. The second-order valence-electron chi connectivity index (χ2n) is 3.09. The molecule has 0 aliphatic heterocycles. The van der Waals surface area contributed by atoms with Gasteiger partial charge >= 0.3 is 12.3 Å². The Morgan fingerprint density at radius 1 is 1.47 bits per heavy atom. The fraction of sp³-hybridized carbons (Fsp3) is 0.400. The van der Waals surface area contributed by atoms with E-state index in [0.717, 1.165) is 13.2 Å². The highest BCUT2D eigenvalue weighted by molar-refractivity contribution is 14.1. The van der Waals surface area contributed by atoms with Gasteiger partial charge in [0.25, 0.3) is 5.88 Å². The summed E-state index contributed by atoms with van der Waals surface area (Å²) < 4.78 is 49.8. The summed E-state index contributed by atoms with van der Waals surface area (Å²) in [7, 11) is 1.12. The monoisotopic (exact) mass is 391 g/mol. The van der Waals surface area contributed by atoms with Crippen molar-refractivity contribution in [2.75, 3.05) is 13.7 Å². The number of methoxy groups -OCH3 is 1. The first-order valence-corrected chi connectivity index (χ1v) is 6.03. The van der Waals surface area contributed by atoms with Crippen molar-refractivity contribution < 1.29 is 32.2 Å². The van der Waals surface area contributed by atoms with Gasteiger partial charge in [0, 0.05) is 6.07 Å². The first-order valence-electron chi connectivity index (χ1n) is 4.96. The zero-order valence-electron chi connectivity index (χ0n) is 9.88. The highest BCUT2D eigenvalue weighted by Gasteiger charge is 2.33. The summed E-state index contributed by atoms with van der Waals surface area (Å²) >= 11 is 1.66. The Morgan fingerprint density at radius 3 is 2.58 bits per heavy atom. The molecule has 1 heterocycles. The van der Waals surface area contributed by atoms with E-state index in [1.54, 1.807) is 29.5 Å². The van der Waals surface area contributed by atoms with Crippen molar-refractivity contribution in [1.82, 2.24) is 4.98 Å². The molecule has 0 aliphatic carbocycles. The van der Waals surface area contributed by atoms with Gasteiger partial charge in [-0.05, 0) is 29.5 Å². The van der Waals surface area contributed by atoms with Crippen molar-refractivity contribution in [3.8, 4) is 11.6 Å². The fourth-order valence-corrected chi connectivity index (χ4v) is 1.77. The lowest BCUT2D eigenvalue weighted by Crippen LogP contribution is -2.19. The highest BCUT2D eigenvalue weighted by Crippen LogP contribution is 2.33. The number of hydrogen-bond donors (Lipinski definition) is 0. The van der Waals surface area contributed by atoms with Gasteiger partial charge in [0.15, 0.2) is 11.4 Å². The number of carbonyl (C=O) groups is 1. The lowest BCUT2D eigenvalue weighted by Gasteiger charge is -2.13. The number of nitrogens with zero attached hydrogens (tertiary/aromatic N) is 1. The van der Waals surface area contributed by atoms with E-state index in [4.69, 9.17) is 4.74 Å². The van der Waals surface area contributed by atoms with Gasteiger partial charge in [0.2, 0.25) is 0 Å². The van der Waals surface area contributed by atoms with Crippen LogP contribution in [0.4, 0.5) is 13.2 Å². The third-order valence-electron chi connectivity index (χ3n) is 1.80. The molecule has 1 rings (SSSR count). The van der Waals surface area contributed by atoms with Crippen LogP contribution in [0.25, 0.3) is 0 Å². The Balaban J connectivity index is 3.17. The zero-order chi connectivity index (χ0) is 14.6. The Kier molecular flexibility index (Phi) is 5.20. The van der Waals surface area contributed by atoms with Gasteiger partial charge < -0.3 is 14.2 Å². The third kappa shape index (κ3) is 4.40. The van der Waals surface area contributed by atoms with Gasteiger partial charge in [-0.25, -0.2) is 9.78 Å². The molecule has 0 amide bonds. The number of carbonyl (C=O) groups excluding carboxylic acids is 1. The molecule has 0 unspecified atom stereocenters. The molecule has 0 aromatic carbocycles. The van der Waals surface area contributed by atoms with Gasteiger partial charge in [-0.1, -0.05) is 0 Å². The van der Waals surface area contributed by atoms with E-state index < -0.39 is 24.0 Å². The average Bonchev–Trinajstić information content (AvgIpc) is 2.27. The molecule has 0 saturated carbocycles. The predicted molar refractivity (Wildman–Crippen MR) is 66.1 cm³/mol. The summed E-state index contributed by atoms with van der Waals surface area (Å²) in [5.74, 6) is -1.81. The predicted octanol–water partition coefficient (Wildman–Crippen LogP) is 2.77. The molecule has 0 bridgehead atoms. The normalized spacial score (nSPS) is 11.1. The van der Waals surface area contributed by atoms with Crippen LogP contribution >= 0.6 is 22.6 Å². The van der Waals surface area contributed by atoms with Gasteiger partial charge in [0.05, 0.1) is 17.3 Å². The molecular formula is C10H9F3INO4. The van der Waals surface area contributed by atoms with E-state index in [2.05, 4.69) is 14.5 Å². The Labute approximate surface area is 120 Å². The molecule has 9 heteroatoms. The van der Waals surface area contributed by atoms with Crippen molar-refractivity contribution >= 4 is 28.6 Å². The lowest BCUT2D eigenvalue weighted by atomic mass is 10.3. The van der Waals surface area contributed by atoms with Crippen LogP contribution < -0.4 is 9.47 Å². The number of aromatic nitrogens is 1. The van der Waals surface area contributed by atoms with Crippen molar-refractivity contribution in [1.29, 1.82) is 0 Å². The Morgan fingerprint density at radius 2 is 2.11 bits per heavy atom. The van der Waals surface area contributed by atoms with Crippen LogP contribution in [0.15, 0.2) is 6.07 Å². The minimum absolute atomic E-state index is 0.125. The maximum Gasteiger partial charge on any atom is 0.573 e. The molecule has 0 aliphatic rings. The van der Waals surface area contributed by atoms with Gasteiger partial charge in [-0.15, -0.1) is 13.2 Å². The first-order chi connectivity index (χ1) is 8.78. The third-order valence-corrected chi connectivity index (χ3v) is 2.62. The molecule has 0 atom stereocenters. The SMILES string of the molecule is CCOC(=O)c1nc(OC)c(OC(F)(F)F)cc1I. The topological polar surface area (TPSA) is 57.7 Å². The van der Waals surface area contributed by atoms with E-state index in [0.29, 0.717) is 0 Å². The zero-order valence-corrected chi connectivity index (χ0v) is 12.0. The molecular weight excluding hydrogens is 382 g/mol. The fourth-order valence-electron chi connectivity index (χ4n) is 1.14. The molecule has 0 saturated heterocycles. The van der Waals surface area contributed by atoms with Crippen LogP contribution in [0.3, 0.4) is 0 Å². The molecule has 0 radical (unpaired) electrons. The molecule has 0 spiro atoms. The maximum atomic E-state index is 12.2. The van der Waals surface area contributed by atoms with Crippen molar-refractivity contribution in [3.63, 3.8) is 0 Å². The smallest absolute Gasteiger partial charge is 0.478 e. The van der Waals surface area contributed by atoms with E-state index >= 15 is 0 Å². The van der Waals surface area contributed by atoms with Crippen molar-refractivity contribution in [2.24, 2.45) is 0 Å². The minimum atomic E-state index is -4.87. The molecule has 106 valence electrons. The summed E-state index contributed by atoms with van der Waals surface area (Å²) in [5, 5.41) is 0. The molecule has 1 aromatic heterocycles. The van der Waals surface area contributed by atoms with Gasteiger partial charge in [-0.2, -0.15) is 0 Å². The summed E-state index contributed by atoms with van der Waals surface area (Å²) in [5.41, 5.74) is -0.131. The number of esters is 1. The Bertz CT molecular complexity index is 479. The van der Waals surface area contributed by atoms with Crippen LogP contribution in [0.2, 0.25) is 0 Å². The van der Waals surface area contributed by atoms with Crippen LogP contribution in [-0.4, -0.2) is 31.0 Å². The molecule has 0 N–H and O–H groups in total. The van der Waals surface area contributed by atoms with Gasteiger partial charge in [0.1, 0.15) is 0 Å². The molecule has 1 aromatic rings. The number of rotatable bonds is 4. The van der Waals surface area contributed by atoms with Gasteiger partial charge in [-0.3, -0.25) is 0 Å². The highest BCUT2D eigenvalue weighted by atomic mass is 127. The quantitative estimate of drug-likeness (QED) is 0.584. The van der Waals surface area contributed by atoms with Crippen molar-refractivity contribution in [2.45, 2.75) is 13.3 Å². The number of ether oxygens (including phenoxy) is 3. The lowest BCUT2D eigenvalue weighted by molar-refractivity contribution is -0.275. The Hall–Kier alpha value is -1.26. The van der Waals surface area contributed by atoms with Crippen molar-refractivity contribution in [3.05, 3.63) is 15.3 Å². The van der Waals surface area contributed by atoms with E-state index in [9.17, 15) is 18.0 Å².